The molecule has 0 aliphatic carbocycles. The molecule has 10 heteroatoms. The van der Waals surface area contributed by atoms with Gasteiger partial charge in [-0.15, -0.1) is 11.3 Å². The van der Waals surface area contributed by atoms with E-state index in [1.54, 1.807) is 18.5 Å². The Morgan fingerprint density at radius 1 is 1.30 bits per heavy atom. The van der Waals surface area contributed by atoms with E-state index in [0.717, 1.165) is 34.0 Å². The van der Waals surface area contributed by atoms with Crippen LogP contribution in [0.3, 0.4) is 0 Å². The van der Waals surface area contributed by atoms with Crippen LogP contribution in [0.2, 0.25) is 0 Å². The lowest BCUT2D eigenvalue weighted by molar-refractivity contribution is 0.0947. The van der Waals surface area contributed by atoms with Gasteiger partial charge in [0, 0.05) is 30.4 Å². The molecule has 0 radical (unpaired) electrons. The van der Waals surface area contributed by atoms with Crippen molar-refractivity contribution in [3.8, 4) is 0 Å². The highest BCUT2D eigenvalue weighted by Gasteiger charge is 2.32. The Hall–Kier alpha value is -3.63. The molecule has 1 aromatic carbocycles. The third-order valence-electron chi connectivity index (χ3n) is 6.23. The number of aromatic amines is 2. The van der Waals surface area contributed by atoms with Crippen LogP contribution in [0.15, 0.2) is 41.7 Å². The summed E-state index contributed by atoms with van der Waals surface area (Å²) in [5.74, 6) is 0.0242. The minimum Gasteiger partial charge on any atom is -0.379 e. The van der Waals surface area contributed by atoms with Crippen molar-refractivity contribution in [2.45, 2.75) is 31.4 Å². The minimum atomic E-state index is -0.909. The lowest BCUT2D eigenvalue weighted by Gasteiger charge is -2.17. The highest BCUT2D eigenvalue weighted by Crippen LogP contribution is 2.36. The quantitative estimate of drug-likeness (QED) is 0.359. The molecule has 3 N–H and O–H groups in total. The Labute approximate surface area is 192 Å². The molecule has 0 saturated heterocycles. The number of Topliss-reactive ketones (excluding diaryl/α,β-unsaturated/α-hetero) is 1. The number of rotatable bonds is 6. The number of thiazole rings is 1. The first-order valence-electron chi connectivity index (χ1n) is 10.8. The van der Waals surface area contributed by atoms with Crippen molar-refractivity contribution in [2.75, 3.05) is 0 Å². The molecule has 0 amide bonds. The number of carbonyl (C=O) groups is 1. The number of carbonyl (C=O) groups excluding carboxylic acids is 1. The van der Waals surface area contributed by atoms with Crippen LogP contribution in [0, 0.1) is 0 Å². The third-order valence-corrected chi connectivity index (χ3v) is 7.36. The number of aliphatic hydroxyl groups is 1. The predicted octanol–water partition coefficient (Wildman–Crippen LogP) is 3.32. The van der Waals surface area contributed by atoms with Crippen LogP contribution >= 0.6 is 11.3 Å². The molecule has 4 aromatic heterocycles. The van der Waals surface area contributed by atoms with E-state index in [1.807, 2.05) is 29.9 Å². The lowest BCUT2D eigenvalue weighted by atomic mass is 9.96. The van der Waals surface area contributed by atoms with Gasteiger partial charge >= 0.3 is 0 Å². The van der Waals surface area contributed by atoms with E-state index in [2.05, 4.69) is 36.4 Å². The van der Waals surface area contributed by atoms with Crippen LogP contribution in [0.25, 0.3) is 21.3 Å². The summed E-state index contributed by atoms with van der Waals surface area (Å²) in [5.41, 5.74) is 4.87. The van der Waals surface area contributed by atoms with Crippen LogP contribution < -0.4 is 0 Å². The number of H-pyrrole nitrogens is 2. The number of aromatic nitrogens is 6. The monoisotopic (exact) mass is 459 g/mol. The molecule has 1 aliphatic rings. The van der Waals surface area contributed by atoms with Crippen molar-refractivity contribution in [1.82, 2.24) is 29.9 Å². The van der Waals surface area contributed by atoms with E-state index < -0.39 is 12.1 Å². The van der Waals surface area contributed by atoms with Gasteiger partial charge in [-0.05, 0) is 37.0 Å². The first-order chi connectivity index (χ1) is 16.1. The second-order valence-corrected chi connectivity index (χ2v) is 9.26. The second kappa shape index (κ2) is 7.75. The molecule has 5 aromatic rings. The van der Waals surface area contributed by atoms with Crippen molar-refractivity contribution in [3.05, 3.63) is 64.2 Å². The van der Waals surface area contributed by atoms with Crippen molar-refractivity contribution in [2.24, 2.45) is 12.0 Å². The average Bonchev–Trinajstić information content (AvgIpc) is 3.61. The fourth-order valence-electron chi connectivity index (χ4n) is 4.54. The fourth-order valence-corrected chi connectivity index (χ4v) is 5.65. The molecule has 0 bridgehead atoms. The molecular formula is C23H21N7O2S. The Kier molecular flexibility index (Phi) is 4.70. The summed E-state index contributed by atoms with van der Waals surface area (Å²) >= 11 is 1.37. The summed E-state index contributed by atoms with van der Waals surface area (Å²) in [6, 6.07) is 7.46. The summed E-state index contributed by atoms with van der Waals surface area (Å²) in [6.45, 7) is 0. The maximum atomic E-state index is 13.3. The van der Waals surface area contributed by atoms with Crippen LogP contribution in [0.1, 0.15) is 51.3 Å². The van der Waals surface area contributed by atoms with Gasteiger partial charge in [0.2, 0.25) is 5.78 Å². The maximum Gasteiger partial charge on any atom is 0.204 e. The standard InChI is InChI=1S/C23H21N7O2S/c1-30-18-14(21-22(30)27-23(33-21)20(32)17-8-9-25-29-17)10-24-16(19(18)31)7-3-5-12-4-2-6-15-13(12)11-26-28-15/h2,4,6,8-11,16,20,32H,3,5,7H2,1H3,(H,25,29)(H,26,28)/t16?,20-/m0/s1. The summed E-state index contributed by atoms with van der Waals surface area (Å²) in [4.78, 5) is 22.5. The molecule has 0 saturated carbocycles. The van der Waals surface area contributed by atoms with Crippen LogP contribution in [0.5, 0.6) is 0 Å². The van der Waals surface area contributed by atoms with Crippen molar-refractivity contribution < 1.29 is 9.90 Å². The molecular weight excluding hydrogens is 438 g/mol. The van der Waals surface area contributed by atoms with Gasteiger partial charge in [-0.2, -0.15) is 10.2 Å². The van der Waals surface area contributed by atoms with Crippen molar-refractivity contribution >= 4 is 44.6 Å². The molecule has 1 aliphatic heterocycles. The van der Waals surface area contributed by atoms with Crippen molar-refractivity contribution in [3.63, 3.8) is 0 Å². The molecule has 2 atom stereocenters. The predicted molar refractivity (Wildman–Crippen MR) is 126 cm³/mol. The molecule has 0 fully saturated rings. The second-order valence-electron chi connectivity index (χ2n) is 8.23. The minimum absolute atomic E-state index is 0.0242. The van der Waals surface area contributed by atoms with E-state index >= 15 is 0 Å². The van der Waals surface area contributed by atoms with Crippen molar-refractivity contribution in [1.29, 1.82) is 0 Å². The van der Waals surface area contributed by atoms with Gasteiger partial charge in [-0.25, -0.2) is 4.98 Å². The average molecular weight is 460 g/mol. The molecule has 1 unspecified atom stereocenters. The van der Waals surface area contributed by atoms with E-state index in [4.69, 9.17) is 0 Å². The smallest absolute Gasteiger partial charge is 0.204 e. The van der Waals surface area contributed by atoms with Gasteiger partial charge in [0.05, 0.1) is 27.8 Å². The number of aliphatic imine (C=N–C) groups is 1. The number of benzene rings is 1. The molecule has 5 heterocycles. The van der Waals surface area contributed by atoms with Gasteiger partial charge in [0.25, 0.3) is 0 Å². The third kappa shape index (κ3) is 3.21. The molecule has 9 nitrogen and oxygen atoms in total. The first kappa shape index (κ1) is 20.0. The van der Waals surface area contributed by atoms with Crippen LogP contribution in [0.4, 0.5) is 0 Å². The van der Waals surface area contributed by atoms with Gasteiger partial charge in [0.1, 0.15) is 17.2 Å². The topological polar surface area (TPSA) is 125 Å². The number of hydrogen-bond acceptors (Lipinski definition) is 7. The summed E-state index contributed by atoms with van der Waals surface area (Å²) in [5, 5.41) is 26.1. The first-order valence-corrected chi connectivity index (χ1v) is 11.6. The Morgan fingerprint density at radius 2 is 2.21 bits per heavy atom. The number of aliphatic hydroxyl groups excluding tert-OH is 1. The van der Waals surface area contributed by atoms with E-state index in [9.17, 15) is 9.90 Å². The van der Waals surface area contributed by atoms with Crippen LogP contribution in [-0.2, 0) is 13.5 Å². The zero-order valence-electron chi connectivity index (χ0n) is 17.8. The van der Waals surface area contributed by atoms with Gasteiger partial charge in [-0.1, -0.05) is 12.1 Å². The summed E-state index contributed by atoms with van der Waals surface area (Å²) in [7, 11) is 1.85. The number of nitrogens with one attached hydrogen (secondary N) is 2. The van der Waals surface area contributed by atoms with E-state index in [-0.39, 0.29) is 5.78 Å². The highest BCUT2D eigenvalue weighted by molar-refractivity contribution is 7.19. The zero-order chi connectivity index (χ0) is 22.5. The normalized spacial score (nSPS) is 16.7. The summed E-state index contributed by atoms with van der Waals surface area (Å²) < 4.78 is 2.69. The number of nitrogens with zero attached hydrogens (tertiary/aromatic N) is 5. The Balaban J connectivity index is 1.22. The molecule has 6 rings (SSSR count). The van der Waals surface area contributed by atoms with Gasteiger partial charge < -0.3 is 9.67 Å². The highest BCUT2D eigenvalue weighted by atomic mass is 32.1. The van der Waals surface area contributed by atoms with Gasteiger partial charge in [-0.3, -0.25) is 20.0 Å². The number of fused-ring (bicyclic) bond motifs is 4. The zero-order valence-corrected chi connectivity index (χ0v) is 18.6. The molecule has 166 valence electrons. The number of aryl methyl sites for hydroxylation is 2. The lowest BCUT2D eigenvalue weighted by Crippen LogP contribution is -2.26. The number of ketones is 1. The largest absolute Gasteiger partial charge is 0.379 e. The fraction of sp³-hybridized carbons (Fsp3) is 0.261. The summed E-state index contributed by atoms with van der Waals surface area (Å²) in [6.07, 6.45) is 6.79. The van der Waals surface area contributed by atoms with Gasteiger partial charge in [0.15, 0.2) is 5.65 Å². The van der Waals surface area contributed by atoms with Crippen LogP contribution in [-0.4, -0.2) is 53.1 Å². The Bertz CT molecular complexity index is 1510. The number of hydrogen-bond donors (Lipinski definition) is 3. The molecule has 0 spiro atoms. The Morgan fingerprint density at radius 3 is 3.06 bits per heavy atom. The SMILES string of the molecule is Cn1c2c(c3sc([C@@H](O)c4cc[nH]n4)nc31)C=NC(CCCc1cccc3[nH]ncc13)C2=O. The van der Waals surface area contributed by atoms with E-state index in [1.165, 1.54) is 16.9 Å². The van der Waals surface area contributed by atoms with E-state index in [0.29, 0.717) is 28.5 Å². The molecule has 33 heavy (non-hydrogen) atoms. The maximum absolute atomic E-state index is 13.3.